The molecule has 0 aromatic carbocycles. The average molecular weight is 447 g/mol. The third kappa shape index (κ3) is 4.25. The molecule has 4 fully saturated rings. The summed E-state index contributed by atoms with van der Waals surface area (Å²) in [4.78, 5) is 23.3. The minimum Gasteiger partial charge on any atom is -0.469 e. The van der Waals surface area contributed by atoms with Gasteiger partial charge in [0.25, 0.3) is 0 Å². The Balaban J connectivity index is 1.48. The third-order valence-corrected chi connectivity index (χ3v) is 11.0. The molecular formula is C28H46O4. The van der Waals surface area contributed by atoms with Crippen molar-refractivity contribution in [2.24, 2.45) is 46.3 Å². The number of methoxy groups -OCH3 is 1. The normalized spacial score (nSPS) is 44.4. The predicted molar refractivity (Wildman–Crippen MR) is 126 cm³/mol. The van der Waals surface area contributed by atoms with Crippen LogP contribution in [0, 0.1) is 46.3 Å². The summed E-state index contributed by atoms with van der Waals surface area (Å²) in [5.74, 6) is 4.38. The number of carbonyl (C=O) groups is 2. The zero-order chi connectivity index (χ0) is 23.1. The Morgan fingerprint density at radius 1 is 0.969 bits per heavy atom. The lowest BCUT2D eigenvalue weighted by Crippen LogP contribution is -2.50. The maximum absolute atomic E-state index is 11.7. The Hall–Kier alpha value is -1.06. The van der Waals surface area contributed by atoms with E-state index < -0.39 is 0 Å². The fourth-order valence-corrected chi connectivity index (χ4v) is 9.39. The van der Waals surface area contributed by atoms with Crippen LogP contribution in [-0.4, -0.2) is 25.2 Å². The van der Waals surface area contributed by atoms with Gasteiger partial charge in [-0.25, -0.2) is 0 Å². The second-order valence-electron chi connectivity index (χ2n) is 12.3. The van der Waals surface area contributed by atoms with Gasteiger partial charge < -0.3 is 9.47 Å². The van der Waals surface area contributed by atoms with Crippen molar-refractivity contribution < 1.29 is 19.1 Å². The molecule has 0 radical (unpaired) electrons. The van der Waals surface area contributed by atoms with Crippen LogP contribution in [0.5, 0.6) is 0 Å². The van der Waals surface area contributed by atoms with E-state index in [0.717, 1.165) is 42.9 Å². The van der Waals surface area contributed by atoms with Crippen LogP contribution >= 0.6 is 0 Å². The highest BCUT2D eigenvalue weighted by atomic mass is 16.5. The lowest BCUT2D eigenvalue weighted by atomic mass is 9.49. The van der Waals surface area contributed by atoms with Crippen LogP contribution in [0.2, 0.25) is 0 Å². The number of esters is 2. The van der Waals surface area contributed by atoms with Crippen molar-refractivity contribution in [1.82, 2.24) is 0 Å². The van der Waals surface area contributed by atoms with Crippen molar-refractivity contribution in [3.8, 4) is 0 Å². The lowest BCUT2D eigenvalue weighted by molar-refractivity contribution is -0.153. The molecule has 0 aliphatic heterocycles. The van der Waals surface area contributed by atoms with E-state index >= 15 is 0 Å². The first-order valence-electron chi connectivity index (χ1n) is 13.4. The Morgan fingerprint density at radius 2 is 1.69 bits per heavy atom. The van der Waals surface area contributed by atoms with Gasteiger partial charge in [0.1, 0.15) is 6.10 Å². The molecule has 4 saturated carbocycles. The van der Waals surface area contributed by atoms with E-state index in [1.165, 1.54) is 58.5 Å². The number of carbonyl (C=O) groups excluding carboxylic acids is 2. The fraction of sp³-hybridized carbons (Fsp3) is 0.929. The number of hydrogen-bond acceptors (Lipinski definition) is 4. The van der Waals surface area contributed by atoms with Gasteiger partial charge >= 0.3 is 11.9 Å². The maximum Gasteiger partial charge on any atom is 0.305 e. The highest BCUT2D eigenvalue weighted by Gasteiger charge is 2.59. The van der Waals surface area contributed by atoms with Crippen LogP contribution in [0.25, 0.3) is 0 Å². The molecule has 0 heterocycles. The van der Waals surface area contributed by atoms with Crippen LogP contribution in [-0.2, 0) is 19.1 Å². The zero-order valence-electron chi connectivity index (χ0n) is 21.2. The van der Waals surface area contributed by atoms with Crippen molar-refractivity contribution in [1.29, 1.82) is 0 Å². The molecule has 0 saturated heterocycles. The summed E-state index contributed by atoms with van der Waals surface area (Å²) in [5, 5.41) is 0. The molecule has 4 aliphatic carbocycles. The fourth-order valence-electron chi connectivity index (χ4n) is 9.39. The molecule has 1 unspecified atom stereocenters. The van der Waals surface area contributed by atoms with Gasteiger partial charge in [-0.05, 0) is 111 Å². The van der Waals surface area contributed by atoms with E-state index in [0.29, 0.717) is 29.1 Å². The van der Waals surface area contributed by atoms with E-state index in [4.69, 9.17) is 9.47 Å². The zero-order valence-corrected chi connectivity index (χ0v) is 21.2. The van der Waals surface area contributed by atoms with Crippen LogP contribution < -0.4 is 0 Å². The summed E-state index contributed by atoms with van der Waals surface area (Å²) in [6.45, 7) is 9.14. The van der Waals surface area contributed by atoms with E-state index in [2.05, 4.69) is 20.8 Å². The van der Waals surface area contributed by atoms with Gasteiger partial charge in [-0.2, -0.15) is 0 Å². The van der Waals surface area contributed by atoms with E-state index in [1.807, 2.05) is 0 Å². The van der Waals surface area contributed by atoms with Crippen LogP contribution in [0.3, 0.4) is 0 Å². The molecule has 0 aromatic heterocycles. The summed E-state index contributed by atoms with van der Waals surface area (Å²) in [7, 11) is 1.50. The molecule has 32 heavy (non-hydrogen) atoms. The summed E-state index contributed by atoms with van der Waals surface area (Å²) in [5.41, 5.74) is 0.843. The first kappa shape index (κ1) is 24.1. The smallest absolute Gasteiger partial charge is 0.305 e. The highest BCUT2D eigenvalue weighted by molar-refractivity contribution is 5.69. The number of hydrogen-bond donors (Lipinski definition) is 0. The largest absolute Gasteiger partial charge is 0.469 e. The van der Waals surface area contributed by atoms with Crippen molar-refractivity contribution in [3.05, 3.63) is 0 Å². The molecule has 4 aliphatic rings. The summed E-state index contributed by atoms with van der Waals surface area (Å²) in [6, 6.07) is 0. The Kier molecular flexibility index (Phi) is 6.99. The first-order chi connectivity index (χ1) is 15.2. The van der Waals surface area contributed by atoms with Crippen LogP contribution in [0.15, 0.2) is 0 Å². The van der Waals surface area contributed by atoms with Crippen LogP contribution in [0.4, 0.5) is 0 Å². The van der Waals surface area contributed by atoms with Gasteiger partial charge in [0, 0.05) is 13.3 Å². The second-order valence-corrected chi connectivity index (χ2v) is 12.3. The molecular weight excluding hydrogens is 400 g/mol. The topological polar surface area (TPSA) is 52.6 Å². The minimum atomic E-state index is -0.114. The minimum absolute atomic E-state index is 0.0626. The number of fused-ring (bicyclic) bond motifs is 5. The molecule has 182 valence electrons. The molecule has 9 atom stereocenters. The monoisotopic (exact) mass is 446 g/mol. The lowest BCUT2D eigenvalue weighted by Gasteiger charge is -2.57. The van der Waals surface area contributed by atoms with Crippen molar-refractivity contribution in [2.75, 3.05) is 7.11 Å². The van der Waals surface area contributed by atoms with Gasteiger partial charge in [-0.15, -0.1) is 0 Å². The molecule has 0 bridgehead atoms. The quantitative estimate of drug-likeness (QED) is 0.449. The molecule has 0 aromatic rings. The van der Waals surface area contributed by atoms with Gasteiger partial charge in [-0.3, -0.25) is 9.59 Å². The highest BCUT2D eigenvalue weighted by Crippen LogP contribution is 2.67. The third-order valence-electron chi connectivity index (χ3n) is 11.0. The first-order valence-corrected chi connectivity index (χ1v) is 13.4. The number of ether oxygens (including phenoxy) is 2. The summed E-state index contributed by atoms with van der Waals surface area (Å²) >= 11 is 0. The van der Waals surface area contributed by atoms with Gasteiger partial charge in [0.05, 0.1) is 7.11 Å². The predicted octanol–water partition coefficient (Wildman–Crippen LogP) is 6.56. The van der Waals surface area contributed by atoms with Crippen LogP contribution in [0.1, 0.15) is 105 Å². The second kappa shape index (κ2) is 9.29. The van der Waals surface area contributed by atoms with Crippen molar-refractivity contribution in [2.45, 2.75) is 111 Å². The standard InChI is InChI=1S/C28H46O4/c1-18(9-12-26(30)31-5)23-10-11-24-22-8-6-7-20-17-21(32-19(2)29)13-15-27(20,3)25(22)14-16-28(23,24)4/h18,20-25H,6-17H2,1-5H3/t18-,20-,21-,22+,23-,24+,25?,27+,28-/m1/s1. The van der Waals surface area contributed by atoms with Gasteiger partial charge in [0.2, 0.25) is 0 Å². The Morgan fingerprint density at radius 3 is 2.41 bits per heavy atom. The maximum atomic E-state index is 11.7. The summed E-state index contributed by atoms with van der Waals surface area (Å²) < 4.78 is 10.6. The molecule has 4 nitrogen and oxygen atoms in total. The van der Waals surface area contributed by atoms with Gasteiger partial charge in [0.15, 0.2) is 0 Å². The SMILES string of the molecule is COC(=O)CC[C@@H](C)[C@H]1CC[C@H]2[C@@H]3CCC[C@@H]4C[C@H](OC(C)=O)CC[C@]4(C)C3CC[C@]12C. The van der Waals surface area contributed by atoms with E-state index in [9.17, 15) is 9.59 Å². The Bertz CT molecular complexity index is 704. The van der Waals surface area contributed by atoms with Crippen molar-refractivity contribution in [3.63, 3.8) is 0 Å². The molecule has 4 heteroatoms. The molecule has 4 rings (SSSR count). The average Bonchev–Trinajstić information content (AvgIpc) is 3.03. The van der Waals surface area contributed by atoms with E-state index in [-0.39, 0.29) is 18.0 Å². The molecule has 0 spiro atoms. The van der Waals surface area contributed by atoms with Crippen molar-refractivity contribution >= 4 is 11.9 Å². The Labute approximate surface area is 195 Å². The molecule has 0 N–H and O–H groups in total. The number of rotatable bonds is 5. The summed E-state index contributed by atoms with van der Waals surface area (Å²) in [6.07, 6.45) is 14.5. The van der Waals surface area contributed by atoms with Gasteiger partial charge in [-0.1, -0.05) is 27.2 Å². The molecule has 0 amide bonds. The van der Waals surface area contributed by atoms with E-state index in [1.54, 1.807) is 6.92 Å².